The minimum Gasteiger partial charge on any atom is -0.379 e. The van der Waals surface area contributed by atoms with Gasteiger partial charge in [0.05, 0.1) is 11.1 Å². The lowest BCUT2D eigenvalue weighted by Gasteiger charge is -2.36. The van der Waals surface area contributed by atoms with E-state index in [4.69, 9.17) is 11.0 Å². The maximum atomic E-state index is 14.8. The predicted molar refractivity (Wildman–Crippen MR) is 106 cm³/mol. The van der Waals surface area contributed by atoms with Crippen LogP contribution < -0.4 is 11.1 Å². The molecule has 1 amide bonds. The summed E-state index contributed by atoms with van der Waals surface area (Å²) in [5.41, 5.74) is 6.81. The molecule has 0 bridgehead atoms. The summed E-state index contributed by atoms with van der Waals surface area (Å²) >= 11 is 1.51. The topological polar surface area (TPSA) is 104 Å². The third-order valence-corrected chi connectivity index (χ3v) is 6.30. The molecule has 0 unspecified atom stereocenters. The summed E-state index contributed by atoms with van der Waals surface area (Å²) in [4.78, 5) is 21.1. The number of carbonyl (C=O) groups is 1. The van der Waals surface area contributed by atoms with Crippen LogP contribution in [0, 0.1) is 23.1 Å². The van der Waals surface area contributed by atoms with Crippen LogP contribution in [0.2, 0.25) is 0 Å². The Hall–Kier alpha value is -2.92. The van der Waals surface area contributed by atoms with Gasteiger partial charge in [0.25, 0.3) is 5.91 Å². The molecular weight excluding hydrogens is 377 g/mol. The normalized spacial score (nSPS) is 23.4. The molecule has 1 fully saturated rings. The predicted octanol–water partition coefficient (Wildman–Crippen LogP) is 3.40. The molecule has 2 aromatic rings. The first-order valence-corrected chi connectivity index (χ1v) is 9.96. The number of hydrogen-bond donors (Lipinski definition) is 2. The van der Waals surface area contributed by atoms with Crippen LogP contribution in [0.1, 0.15) is 40.9 Å². The first-order valence-electron chi connectivity index (χ1n) is 8.97. The number of thioether (sulfide) groups is 1. The van der Waals surface area contributed by atoms with Gasteiger partial charge in [0.2, 0.25) is 0 Å². The highest BCUT2D eigenvalue weighted by Crippen LogP contribution is 2.51. The smallest absolute Gasteiger partial charge is 0.274 e. The number of amides is 1. The Morgan fingerprint density at radius 1 is 1.39 bits per heavy atom. The Bertz CT molecular complexity index is 1000. The van der Waals surface area contributed by atoms with E-state index in [1.54, 1.807) is 6.07 Å². The van der Waals surface area contributed by atoms with Crippen LogP contribution >= 0.6 is 11.8 Å². The minimum atomic E-state index is -0.660. The fourth-order valence-electron chi connectivity index (χ4n) is 3.98. The zero-order valence-electron chi connectivity index (χ0n) is 15.0. The van der Waals surface area contributed by atoms with Gasteiger partial charge in [-0.15, -0.1) is 0 Å². The number of nitrogens with zero attached hydrogens (tertiary/aromatic N) is 3. The molecule has 2 heterocycles. The number of nitrogens with one attached hydrogen (secondary N) is 1. The van der Waals surface area contributed by atoms with E-state index in [2.05, 4.69) is 15.3 Å². The van der Waals surface area contributed by atoms with Gasteiger partial charge in [-0.05, 0) is 49.1 Å². The SMILES string of the molecule is N#Cc1ccc(C(=O)Nc2ccc(F)c([C@]34CCC[C@H]3CSC(N)=N4)c2)nc1. The second-order valence-corrected chi connectivity index (χ2v) is 8.01. The number of fused-ring (bicyclic) bond motifs is 1. The molecule has 8 heteroatoms. The molecule has 3 N–H and O–H groups in total. The molecule has 2 aliphatic rings. The van der Waals surface area contributed by atoms with Crippen molar-refractivity contribution in [2.24, 2.45) is 16.6 Å². The number of rotatable bonds is 3. The van der Waals surface area contributed by atoms with E-state index in [0.717, 1.165) is 25.0 Å². The number of halogens is 1. The van der Waals surface area contributed by atoms with Crippen LogP contribution in [0.5, 0.6) is 0 Å². The lowest BCUT2D eigenvalue weighted by atomic mass is 9.81. The molecule has 1 saturated carbocycles. The van der Waals surface area contributed by atoms with Crippen molar-refractivity contribution in [1.82, 2.24) is 4.98 Å². The van der Waals surface area contributed by atoms with Crippen molar-refractivity contribution in [3.05, 3.63) is 59.2 Å². The van der Waals surface area contributed by atoms with Gasteiger partial charge in [-0.1, -0.05) is 18.2 Å². The summed E-state index contributed by atoms with van der Waals surface area (Å²) in [6.07, 6.45) is 4.02. The molecular formula is C20H18FN5OS. The quantitative estimate of drug-likeness (QED) is 0.829. The highest BCUT2D eigenvalue weighted by Gasteiger charge is 2.48. The standard InChI is InChI=1S/C20H18FN5OS/c21-16-5-4-14(25-18(27)17-6-3-12(9-22)10-24-17)8-15(16)20-7-1-2-13(20)11-28-19(23)26-20/h3-6,8,10,13H,1-2,7,11H2,(H2,23,26)(H,25,27)/t13-,20-/m0/s1. The van der Waals surface area contributed by atoms with Crippen LogP contribution in [-0.2, 0) is 5.54 Å². The minimum absolute atomic E-state index is 0.179. The van der Waals surface area contributed by atoms with Gasteiger partial charge in [0.15, 0.2) is 5.17 Å². The molecule has 1 aliphatic heterocycles. The van der Waals surface area contributed by atoms with E-state index in [-0.39, 0.29) is 17.4 Å². The summed E-state index contributed by atoms with van der Waals surface area (Å²) in [6, 6.07) is 9.49. The summed E-state index contributed by atoms with van der Waals surface area (Å²) in [5, 5.41) is 12.1. The van der Waals surface area contributed by atoms with Gasteiger partial charge in [0.1, 0.15) is 17.6 Å². The van der Waals surface area contributed by atoms with E-state index >= 15 is 0 Å². The van der Waals surface area contributed by atoms with Gasteiger partial charge in [-0.25, -0.2) is 9.37 Å². The Labute approximate surface area is 166 Å². The van der Waals surface area contributed by atoms with E-state index in [0.29, 0.717) is 22.0 Å². The molecule has 142 valence electrons. The zero-order chi connectivity index (χ0) is 19.7. The molecule has 28 heavy (non-hydrogen) atoms. The zero-order valence-corrected chi connectivity index (χ0v) is 15.8. The number of amidine groups is 1. The first kappa shape index (κ1) is 18.4. The second kappa shape index (κ2) is 7.24. The number of carbonyl (C=O) groups excluding carboxylic acids is 1. The van der Waals surface area contributed by atoms with Crippen molar-refractivity contribution >= 4 is 28.5 Å². The van der Waals surface area contributed by atoms with Crippen molar-refractivity contribution in [2.75, 3.05) is 11.1 Å². The molecule has 0 saturated heterocycles. The average Bonchev–Trinajstić information content (AvgIpc) is 3.13. The highest BCUT2D eigenvalue weighted by atomic mass is 32.2. The summed E-state index contributed by atoms with van der Waals surface area (Å²) in [7, 11) is 0. The monoisotopic (exact) mass is 395 g/mol. The van der Waals surface area contributed by atoms with Crippen molar-refractivity contribution in [3.63, 3.8) is 0 Å². The van der Waals surface area contributed by atoms with E-state index in [1.165, 1.54) is 42.2 Å². The number of nitriles is 1. The summed E-state index contributed by atoms with van der Waals surface area (Å²) in [5.74, 6) is 0.278. The molecule has 1 aliphatic carbocycles. The molecule has 0 radical (unpaired) electrons. The van der Waals surface area contributed by atoms with Gasteiger partial charge < -0.3 is 11.1 Å². The van der Waals surface area contributed by atoms with Gasteiger partial charge in [0, 0.05) is 23.2 Å². The Kier molecular flexibility index (Phi) is 4.77. The van der Waals surface area contributed by atoms with Gasteiger partial charge in [-0.2, -0.15) is 5.26 Å². The molecule has 6 nitrogen and oxygen atoms in total. The summed E-state index contributed by atoms with van der Waals surface area (Å²) < 4.78 is 14.8. The van der Waals surface area contributed by atoms with E-state index < -0.39 is 11.4 Å². The number of benzene rings is 1. The third kappa shape index (κ3) is 3.22. The van der Waals surface area contributed by atoms with Gasteiger partial charge >= 0.3 is 0 Å². The maximum Gasteiger partial charge on any atom is 0.274 e. The molecule has 0 spiro atoms. The summed E-state index contributed by atoms with van der Waals surface area (Å²) in [6.45, 7) is 0. The van der Waals surface area contributed by atoms with Crippen molar-refractivity contribution in [2.45, 2.75) is 24.8 Å². The molecule has 4 rings (SSSR count). The number of hydrogen-bond acceptors (Lipinski definition) is 6. The van der Waals surface area contributed by atoms with Gasteiger partial charge in [-0.3, -0.25) is 9.79 Å². The average molecular weight is 395 g/mol. The van der Waals surface area contributed by atoms with Crippen molar-refractivity contribution < 1.29 is 9.18 Å². The largest absolute Gasteiger partial charge is 0.379 e. The fourth-order valence-corrected chi connectivity index (χ4v) is 5.02. The Morgan fingerprint density at radius 2 is 2.25 bits per heavy atom. The third-order valence-electron chi connectivity index (χ3n) is 5.34. The van der Waals surface area contributed by atoms with E-state index in [1.807, 2.05) is 6.07 Å². The van der Waals surface area contributed by atoms with E-state index in [9.17, 15) is 9.18 Å². The molecule has 1 aromatic heterocycles. The lowest BCUT2D eigenvalue weighted by molar-refractivity contribution is 0.102. The number of aliphatic imine (C=N–C) groups is 1. The van der Waals surface area contributed by atoms with Crippen LogP contribution in [0.3, 0.4) is 0 Å². The number of pyridine rings is 1. The molecule has 1 aromatic carbocycles. The van der Waals surface area contributed by atoms with Crippen LogP contribution in [-0.4, -0.2) is 21.8 Å². The number of anilines is 1. The fraction of sp³-hybridized carbons (Fsp3) is 0.300. The van der Waals surface area contributed by atoms with Crippen molar-refractivity contribution in [3.8, 4) is 6.07 Å². The van der Waals surface area contributed by atoms with Crippen molar-refractivity contribution in [1.29, 1.82) is 5.26 Å². The highest BCUT2D eigenvalue weighted by molar-refractivity contribution is 8.13. The van der Waals surface area contributed by atoms with Crippen LogP contribution in [0.4, 0.5) is 10.1 Å². The second-order valence-electron chi connectivity index (χ2n) is 6.97. The maximum absolute atomic E-state index is 14.8. The van der Waals surface area contributed by atoms with Crippen LogP contribution in [0.15, 0.2) is 41.5 Å². The molecule has 2 atom stereocenters. The Morgan fingerprint density at radius 3 is 3.00 bits per heavy atom. The van der Waals surface area contributed by atoms with Crippen LogP contribution in [0.25, 0.3) is 0 Å². The number of nitrogens with two attached hydrogens (primary N) is 1. The number of aromatic nitrogens is 1. The lowest BCUT2D eigenvalue weighted by Crippen LogP contribution is -2.37. The first-order chi connectivity index (χ1) is 13.5. The Balaban J connectivity index is 1.65.